The molecule has 0 bridgehead atoms. The molecule has 0 aliphatic heterocycles. The van der Waals surface area contributed by atoms with Crippen LogP contribution in [0.2, 0.25) is 0 Å². The maximum absolute atomic E-state index is 13.1. The van der Waals surface area contributed by atoms with Gasteiger partial charge in [-0.2, -0.15) is 0 Å². The van der Waals surface area contributed by atoms with Gasteiger partial charge in [0.2, 0.25) is 5.91 Å². The van der Waals surface area contributed by atoms with Crippen molar-refractivity contribution >= 4 is 11.6 Å². The Morgan fingerprint density at radius 3 is 2.61 bits per heavy atom. The van der Waals surface area contributed by atoms with E-state index >= 15 is 0 Å². The topological polar surface area (TPSA) is 41.1 Å². The van der Waals surface area contributed by atoms with Crippen molar-refractivity contribution in [2.24, 2.45) is 5.92 Å². The molecule has 0 heterocycles. The lowest BCUT2D eigenvalue weighted by atomic mass is 10.1. The molecular formula is C14H21FN2O. The van der Waals surface area contributed by atoms with Crippen LogP contribution in [-0.2, 0) is 4.79 Å². The van der Waals surface area contributed by atoms with Crippen molar-refractivity contribution in [3.05, 3.63) is 29.6 Å². The van der Waals surface area contributed by atoms with E-state index in [9.17, 15) is 9.18 Å². The van der Waals surface area contributed by atoms with E-state index in [0.29, 0.717) is 18.2 Å². The molecule has 4 heteroatoms. The predicted molar refractivity (Wildman–Crippen MR) is 72.1 cm³/mol. The van der Waals surface area contributed by atoms with Crippen LogP contribution in [0.4, 0.5) is 10.1 Å². The minimum absolute atomic E-state index is 0.0765. The quantitative estimate of drug-likeness (QED) is 0.846. The van der Waals surface area contributed by atoms with Crippen molar-refractivity contribution in [2.75, 3.05) is 11.9 Å². The van der Waals surface area contributed by atoms with Gasteiger partial charge in [-0.05, 0) is 37.5 Å². The molecule has 1 unspecified atom stereocenters. The Kier molecular flexibility index (Phi) is 5.13. The van der Waals surface area contributed by atoms with Crippen molar-refractivity contribution in [3.63, 3.8) is 0 Å². The van der Waals surface area contributed by atoms with Crippen LogP contribution in [0.25, 0.3) is 0 Å². The number of benzene rings is 1. The van der Waals surface area contributed by atoms with E-state index in [4.69, 9.17) is 0 Å². The first-order chi connectivity index (χ1) is 8.40. The third-order valence-corrected chi connectivity index (χ3v) is 2.65. The standard InChI is InChI=1S/C14H21FN2O/c1-9(2)8-16-14(18)11(4)17-13-7-12(15)6-5-10(13)3/h5-7,9,11,17H,8H2,1-4H3,(H,16,18). The van der Waals surface area contributed by atoms with E-state index in [0.717, 1.165) is 5.56 Å². The van der Waals surface area contributed by atoms with Gasteiger partial charge in [-0.1, -0.05) is 19.9 Å². The summed E-state index contributed by atoms with van der Waals surface area (Å²) in [6, 6.07) is 4.12. The monoisotopic (exact) mass is 252 g/mol. The summed E-state index contributed by atoms with van der Waals surface area (Å²) >= 11 is 0. The molecule has 0 saturated carbocycles. The van der Waals surface area contributed by atoms with Crippen LogP contribution in [0, 0.1) is 18.7 Å². The lowest BCUT2D eigenvalue weighted by Crippen LogP contribution is -2.39. The van der Waals surface area contributed by atoms with Crippen molar-refractivity contribution in [2.45, 2.75) is 33.7 Å². The summed E-state index contributed by atoms with van der Waals surface area (Å²) < 4.78 is 13.1. The minimum Gasteiger partial charge on any atom is -0.374 e. The summed E-state index contributed by atoms with van der Waals surface area (Å²) in [4.78, 5) is 11.8. The maximum Gasteiger partial charge on any atom is 0.242 e. The van der Waals surface area contributed by atoms with Gasteiger partial charge in [0.15, 0.2) is 0 Å². The highest BCUT2D eigenvalue weighted by Crippen LogP contribution is 2.16. The second kappa shape index (κ2) is 6.38. The van der Waals surface area contributed by atoms with Gasteiger partial charge in [0.1, 0.15) is 11.9 Å². The number of rotatable bonds is 5. The molecule has 2 N–H and O–H groups in total. The molecule has 18 heavy (non-hydrogen) atoms. The molecule has 0 radical (unpaired) electrons. The number of aryl methyl sites for hydroxylation is 1. The molecule has 3 nitrogen and oxygen atoms in total. The second-order valence-electron chi connectivity index (χ2n) is 4.96. The van der Waals surface area contributed by atoms with Gasteiger partial charge in [-0.3, -0.25) is 4.79 Å². The zero-order chi connectivity index (χ0) is 13.7. The van der Waals surface area contributed by atoms with Crippen molar-refractivity contribution in [1.29, 1.82) is 0 Å². The van der Waals surface area contributed by atoms with Gasteiger partial charge in [0.25, 0.3) is 0 Å². The molecule has 0 saturated heterocycles. The fourth-order valence-electron chi connectivity index (χ4n) is 1.51. The SMILES string of the molecule is Cc1ccc(F)cc1NC(C)C(=O)NCC(C)C. The van der Waals surface area contributed by atoms with Gasteiger partial charge in [-0.25, -0.2) is 4.39 Å². The Morgan fingerprint density at radius 2 is 2.00 bits per heavy atom. The number of halogens is 1. The summed E-state index contributed by atoms with van der Waals surface area (Å²) in [7, 11) is 0. The molecule has 1 aromatic rings. The average molecular weight is 252 g/mol. The lowest BCUT2D eigenvalue weighted by Gasteiger charge is -2.17. The molecule has 1 rings (SSSR count). The Labute approximate surface area is 108 Å². The van der Waals surface area contributed by atoms with Gasteiger partial charge >= 0.3 is 0 Å². The average Bonchev–Trinajstić information content (AvgIpc) is 2.30. The number of hydrogen-bond acceptors (Lipinski definition) is 2. The highest BCUT2D eigenvalue weighted by atomic mass is 19.1. The van der Waals surface area contributed by atoms with Gasteiger partial charge in [0, 0.05) is 12.2 Å². The molecule has 1 atom stereocenters. The highest BCUT2D eigenvalue weighted by molar-refractivity contribution is 5.84. The van der Waals surface area contributed by atoms with E-state index in [1.54, 1.807) is 13.0 Å². The molecule has 0 aliphatic carbocycles. The Hall–Kier alpha value is -1.58. The van der Waals surface area contributed by atoms with Gasteiger partial charge in [-0.15, -0.1) is 0 Å². The van der Waals surface area contributed by atoms with Crippen LogP contribution in [0.15, 0.2) is 18.2 Å². The van der Waals surface area contributed by atoms with Crippen LogP contribution in [0.5, 0.6) is 0 Å². The van der Waals surface area contributed by atoms with Crippen LogP contribution in [-0.4, -0.2) is 18.5 Å². The molecule has 0 spiro atoms. The summed E-state index contributed by atoms with van der Waals surface area (Å²) in [5.74, 6) is 0.0299. The molecule has 100 valence electrons. The molecule has 0 aliphatic rings. The predicted octanol–water partition coefficient (Wildman–Crippen LogP) is 2.71. The molecule has 1 aromatic carbocycles. The largest absolute Gasteiger partial charge is 0.374 e. The maximum atomic E-state index is 13.1. The smallest absolute Gasteiger partial charge is 0.242 e. The number of carbonyl (C=O) groups is 1. The minimum atomic E-state index is -0.385. The lowest BCUT2D eigenvalue weighted by molar-refractivity contribution is -0.121. The zero-order valence-corrected chi connectivity index (χ0v) is 11.4. The van der Waals surface area contributed by atoms with Crippen molar-refractivity contribution < 1.29 is 9.18 Å². The van der Waals surface area contributed by atoms with E-state index < -0.39 is 0 Å². The normalized spacial score (nSPS) is 12.3. The van der Waals surface area contributed by atoms with Crippen LogP contribution in [0.1, 0.15) is 26.3 Å². The summed E-state index contributed by atoms with van der Waals surface area (Å²) in [6.07, 6.45) is 0. The third kappa shape index (κ3) is 4.35. The summed E-state index contributed by atoms with van der Waals surface area (Å²) in [5.41, 5.74) is 1.57. The second-order valence-corrected chi connectivity index (χ2v) is 4.96. The van der Waals surface area contributed by atoms with E-state index in [1.165, 1.54) is 12.1 Å². The number of carbonyl (C=O) groups excluding carboxylic acids is 1. The van der Waals surface area contributed by atoms with E-state index in [1.807, 2.05) is 20.8 Å². The first-order valence-corrected chi connectivity index (χ1v) is 6.20. The van der Waals surface area contributed by atoms with Crippen LogP contribution < -0.4 is 10.6 Å². The molecule has 1 amide bonds. The van der Waals surface area contributed by atoms with E-state index in [-0.39, 0.29) is 17.8 Å². The molecular weight excluding hydrogens is 231 g/mol. The number of nitrogens with one attached hydrogen (secondary N) is 2. The van der Waals surface area contributed by atoms with Crippen molar-refractivity contribution in [3.8, 4) is 0 Å². The van der Waals surface area contributed by atoms with Crippen molar-refractivity contribution in [1.82, 2.24) is 5.32 Å². The number of anilines is 1. The summed E-state index contributed by atoms with van der Waals surface area (Å²) in [6.45, 7) is 8.36. The molecule has 0 aromatic heterocycles. The number of hydrogen-bond donors (Lipinski definition) is 2. The van der Waals surface area contributed by atoms with Crippen LogP contribution >= 0.6 is 0 Å². The fraction of sp³-hybridized carbons (Fsp3) is 0.500. The molecule has 0 fully saturated rings. The Morgan fingerprint density at radius 1 is 1.33 bits per heavy atom. The first kappa shape index (κ1) is 14.5. The van der Waals surface area contributed by atoms with E-state index in [2.05, 4.69) is 10.6 Å². The van der Waals surface area contributed by atoms with Crippen LogP contribution in [0.3, 0.4) is 0 Å². The Bertz CT molecular complexity index is 418. The first-order valence-electron chi connectivity index (χ1n) is 6.20. The third-order valence-electron chi connectivity index (χ3n) is 2.65. The summed E-state index contributed by atoms with van der Waals surface area (Å²) in [5, 5.41) is 5.86. The fourth-order valence-corrected chi connectivity index (χ4v) is 1.51. The number of amides is 1. The highest BCUT2D eigenvalue weighted by Gasteiger charge is 2.13. The zero-order valence-electron chi connectivity index (χ0n) is 11.4. The van der Waals surface area contributed by atoms with Gasteiger partial charge < -0.3 is 10.6 Å². The Balaban J connectivity index is 2.60. The van der Waals surface area contributed by atoms with Gasteiger partial charge in [0.05, 0.1) is 0 Å².